The SMILES string of the molecule is CCCOc1c(Cl)cc(C(=O)NC(C)Cn2ccnc2)cc1OCC. The van der Waals surface area contributed by atoms with Crippen molar-refractivity contribution in [2.75, 3.05) is 13.2 Å². The van der Waals surface area contributed by atoms with Crippen molar-refractivity contribution in [3.05, 3.63) is 41.4 Å². The Hall–Kier alpha value is -2.21. The quantitative estimate of drug-likeness (QED) is 0.738. The normalized spacial score (nSPS) is 11.8. The average Bonchev–Trinajstić information content (AvgIpc) is 3.06. The largest absolute Gasteiger partial charge is 0.490 e. The Labute approximate surface area is 153 Å². The van der Waals surface area contributed by atoms with Crippen LogP contribution in [0.25, 0.3) is 0 Å². The van der Waals surface area contributed by atoms with Gasteiger partial charge in [0.05, 0.1) is 24.6 Å². The second kappa shape index (κ2) is 9.32. The highest BCUT2D eigenvalue weighted by Gasteiger charge is 2.17. The number of ether oxygens (including phenoxy) is 2. The van der Waals surface area contributed by atoms with Crippen LogP contribution in [-0.2, 0) is 6.54 Å². The molecule has 0 aliphatic heterocycles. The van der Waals surface area contributed by atoms with Gasteiger partial charge in [0, 0.05) is 30.5 Å². The summed E-state index contributed by atoms with van der Waals surface area (Å²) in [4.78, 5) is 16.5. The van der Waals surface area contributed by atoms with Crippen molar-refractivity contribution >= 4 is 17.5 Å². The van der Waals surface area contributed by atoms with E-state index in [4.69, 9.17) is 21.1 Å². The zero-order chi connectivity index (χ0) is 18.2. The zero-order valence-corrected chi connectivity index (χ0v) is 15.5. The fraction of sp³-hybridized carbons (Fsp3) is 0.444. The third-order valence-electron chi connectivity index (χ3n) is 3.44. The minimum absolute atomic E-state index is 0.0629. The highest BCUT2D eigenvalue weighted by Crippen LogP contribution is 2.36. The smallest absolute Gasteiger partial charge is 0.251 e. The van der Waals surface area contributed by atoms with E-state index in [0.717, 1.165) is 6.42 Å². The maximum atomic E-state index is 12.5. The number of rotatable bonds is 9. The van der Waals surface area contributed by atoms with Crippen molar-refractivity contribution < 1.29 is 14.3 Å². The number of hydrogen-bond donors (Lipinski definition) is 1. The van der Waals surface area contributed by atoms with Crippen molar-refractivity contribution in [3.8, 4) is 11.5 Å². The summed E-state index contributed by atoms with van der Waals surface area (Å²) in [6, 6.07) is 3.21. The van der Waals surface area contributed by atoms with Gasteiger partial charge in [-0.15, -0.1) is 0 Å². The molecule has 0 radical (unpaired) electrons. The maximum Gasteiger partial charge on any atom is 0.251 e. The summed E-state index contributed by atoms with van der Waals surface area (Å²) in [6.07, 6.45) is 6.13. The molecule has 2 rings (SSSR count). The first-order chi connectivity index (χ1) is 12.0. The number of benzene rings is 1. The highest BCUT2D eigenvalue weighted by molar-refractivity contribution is 6.32. The van der Waals surface area contributed by atoms with Gasteiger partial charge in [0.1, 0.15) is 0 Å². The third-order valence-corrected chi connectivity index (χ3v) is 3.72. The van der Waals surface area contributed by atoms with Gasteiger partial charge in [0.15, 0.2) is 11.5 Å². The van der Waals surface area contributed by atoms with Gasteiger partial charge < -0.3 is 19.4 Å². The van der Waals surface area contributed by atoms with Gasteiger partial charge in [-0.05, 0) is 32.4 Å². The van der Waals surface area contributed by atoms with Gasteiger partial charge in [-0.3, -0.25) is 4.79 Å². The van der Waals surface area contributed by atoms with E-state index in [0.29, 0.717) is 41.8 Å². The number of imidazole rings is 1. The topological polar surface area (TPSA) is 65.4 Å². The Morgan fingerprint density at radius 1 is 1.36 bits per heavy atom. The summed E-state index contributed by atoms with van der Waals surface area (Å²) >= 11 is 6.30. The second-order valence-corrected chi connectivity index (χ2v) is 6.11. The van der Waals surface area contributed by atoms with Crippen LogP contribution in [0.15, 0.2) is 30.9 Å². The summed E-state index contributed by atoms with van der Waals surface area (Å²) in [5.74, 6) is 0.752. The first-order valence-corrected chi connectivity index (χ1v) is 8.78. The molecular weight excluding hydrogens is 342 g/mol. The number of carbonyl (C=O) groups excluding carboxylic acids is 1. The molecule has 7 heteroatoms. The molecule has 1 atom stereocenters. The Kier molecular flexibility index (Phi) is 7.13. The van der Waals surface area contributed by atoms with E-state index in [9.17, 15) is 4.79 Å². The van der Waals surface area contributed by atoms with Crippen LogP contribution in [0.5, 0.6) is 11.5 Å². The zero-order valence-electron chi connectivity index (χ0n) is 14.8. The Morgan fingerprint density at radius 2 is 2.16 bits per heavy atom. The highest BCUT2D eigenvalue weighted by atomic mass is 35.5. The molecule has 136 valence electrons. The van der Waals surface area contributed by atoms with Gasteiger partial charge in [-0.1, -0.05) is 18.5 Å². The van der Waals surface area contributed by atoms with Gasteiger partial charge in [-0.25, -0.2) is 4.98 Å². The number of halogens is 1. The minimum atomic E-state index is -0.211. The average molecular weight is 366 g/mol. The van der Waals surface area contributed by atoms with Crippen LogP contribution >= 0.6 is 11.6 Å². The Balaban J connectivity index is 2.12. The van der Waals surface area contributed by atoms with Crippen LogP contribution in [0.3, 0.4) is 0 Å². The molecule has 0 fully saturated rings. The third kappa shape index (κ3) is 5.39. The van der Waals surface area contributed by atoms with E-state index in [1.165, 1.54) is 0 Å². The lowest BCUT2D eigenvalue weighted by atomic mass is 10.1. The molecule has 1 aromatic carbocycles. The number of carbonyl (C=O) groups is 1. The van der Waals surface area contributed by atoms with Gasteiger partial charge in [-0.2, -0.15) is 0 Å². The maximum absolute atomic E-state index is 12.5. The lowest BCUT2D eigenvalue weighted by Gasteiger charge is -2.17. The Morgan fingerprint density at radius 3 is 2.80 bits per heavy atom. The molecule has 1 aromatic heterocycles. The lowest BCUT2D eigenvalue weighted by molar-refractivity contribution is 0.0936. The summed E-state index contributed by atoms with van der Waals surface area (Å²) < 4.78 is 13.2. The lowest BCUT2D eigenvalue weighted by Crippen LogP contribution is -2.35. The first-order valence-electron chi connectivity index (χ1n) is 8.40. The van der Waals surface area contributed by atoms with Crippen molar-refractivity contribution in [2.45, 2.75) is 39.8 Å². The van der Waals surface area contributed by atoms with Crippen LogP contribution in [0, 0.1) is 0 Å². The van der Waals surface area contributed by atoms with Gasteiger partial charge in [0.25, 0.3) is 5.91 Å². The van der Waals surface area contributed by atoms with E-state index in [1.54, 1.807) is 24.7 Å². The fourth-order valence-electron chi connectivity index (χ4n) is 2.37. The summed E-state index contributed by atoms with van der Waals surface area (Å²) in [6.45, 7) is 7.44. The summed E-state index contributed by atoms with van der Waals surface area (Å²) in [7, 11) is 0. The molecule has 1 amide bonds. The van der Waals surface area contributed by atoms with E-state index < -0.39 is 0 Å². The molecule has 0 aliphatic rings. The fourth-order valence-corrected chi connectivity index (χ4v) is 2.64. The summed E-state index contributed by atoms with van der Waals surface area (Å²) in [5.41, 5.74) is 0.440. The van der Waals surface area contributed by atoms with Crippen molar-refractivity contribution in [2.24, 2.45) is 0 Å². The molecule has 25 heavy (non-hydrogen) atoms. The van der Waals surface area contributed by atoms with Crippen molar-refractivity contribution in [1.29, 1.82) is 0 Å². The molecule has 6 nitrogen and oxygen atoms in total. The van der Waals surface area contributed by atoms with Crippen LogP contribution in [0.2, 0.25) is 5.02 Å². The molecule has 0 saturated carbocycles. The molecule has 1 heterocycles. The number of nitrogens with one attached hydrogen (secondary N) is 1. The molecule has 0 aliphatic carbocycles. The van der Waals surface area contributed by atoms with E-state index in [-0.39, 0.29) is 11.9 Å². The number of amides is 1. The first kappa shape index (κ1) is 19.1. The molecule has 1 N–H and O–H groups in total. The molecular formula is C18H24ClN3O3. The Bertz CT molecular complexity index is 689. The van der Waals surface area contributed by atoms with E-state index >= 15 is 0 Å². The van der Waals surface area contributed by atoms with E-state index in [2.05, 4.69) is 10.3 Å². The van der Waals surface area contributed by atoms with E-state index in [1.807, 2.05) is 31.5 Å². The molecule has 0 saturated heterocycles. The van der Waals surface area contributed by atoms with Crippen LogP contribution in [0.1, 0.15) is 37.6 Å². The number of hydrogen-bond acceptors (Lipinski definition) is 4. The monoisotopic (exact) mass is 365 g/mol. The number of nitrogens with zero attached hydrogens (tertiary/aromatic N) is 2. The van der Waals surface area contributed by atoms with Crippen LogP contribution < -0.4 is 14.8 Å². The number of aromatic nitrogens is 2. The minimum Gasteiger partial charge on any atom is -0.490 e. The van der Waals surface area contributed by atoms with Crippen molar-refractivity contribution in [1.82, 2.24) is 14.9 Å². The molecule has 1 unspecified atom stereocenters. The molecule has 0 bridgehead atoms. The predicted octanol–water partition coefficient (Wildman–Crippen LogP) is 3.54. The second-order valence-electron chi connectivity index (χ2n) is 5.70. The summed E-state index contributed by atoms with van der Waals surface area (Å²) in [5, 5.41) is 3.32. The van der Waals surface area contributed by atoms with Crippen LogP contribution in [-0.4, -0.2) is 34.7 Å². The van der Waals surface area contributed by atoms with Crippen LogP contribution in [0.4, 0.5) is 0 Å². The molecule has 0 spiro atoms. The van der Waals surface area contributed by atoms with Crippen molar-refractivity contribution in [3.63, 3.8) is 0 Å². The molecule has 2 aromatic rings. The predicted molar refractivity (Wildman–Crippen MR) is 97.6 cm³/mol. The van der Waals surface area contributed by atoms with Gasteiger partial charge in [0.2, 0.25) is 0 Å². The standard InChI is InChI=1S/C18H24ClN3O3/c1-4-8-25-17-15(19)9-14(10-16(17)24-5-2)18(23)21-13(3)11-22-7-6-20-12-22/h6-7,9-10,12-13H,4-5,8,11H2,1-3H3,(H,21,23). The van der Waals surface area contributed by atoms with Gasteiger partial charge >= 0.3 is 0 Å².